The number of hydrogen-bond donors (Lipinski definition) is 1. The van der Waals surface area contributed by atoms with Crippen LogP contribution in [-0.2, 0) is 6.54 Å². The van der Waals surface area contributed by atoms with Crippen LogP contribution in [0.1, 0.15) is 28.8 Å². The fraction of sp³-hybridized carbons (Fsp3) is 0.381. The molecule has 0 atom stereocenters. The van der Waals surface area contributed by atoms with Gasteiger partial charge in [0.15, 0.2) is 11.5 Å². The van der Waals surface area contributed by atoms with Gasteiger partial charge in [-0.1, -0.05) is 36.4 Å². The van der Waals surface area contributed by atoms with Crippen LogP contribution in [0, 0.1) is 0 Å². The maximum Gasteiger partial charge on any atom is 0.255 e. The Morgan fingerprint density at radius 3 is 2.52 bits per heavy atom. The highest BCUT2D eigenvalue weighted by atomic mass is 35.5. The van der Waals surface area contributed by atoms with Gasteiger partial charge in [-0.25, -0.2) is 0 Å². The standard InChI is InChI=1S/C21H24N2O3.ClH/c24-21(18-7-4-8-19-20(18)26-14-13-25-19)22-17-9-11-23(12-10-17)15-16-5-2-1-3-6-16;/h1-8,17H,9-15H2,(H,22,24);1H. The number of fused-ring (bicyclic) bond motifs is 1. The third-order valence-corrected chi connectivity index (χ3v) is 4.98. The second kappa shape index (κ2) is 9.11. The van der Waals surface area contributed by atoms with Crippen LogP contribution in [0.4, 0.5) is 0 Å². The molecule has 2 heterocycles. The molecule has 2 aromatic carbocycles. The van der Waals surface area contributed by atoms with Crippen LogP contribution < -0.4 is 14.8 Å². The van der Waals surface area contributed by atoms with Gasteiger partial charge in [0.2, 0.25) is 0 Å². The molecular formula is C21H25ClN2O3. The van der Waals surface area contributed by atoms with Gasteiger partial charge in [-0.3, -0.25) is 9.69 Å². The van der Waals surface area contributed by atoms with Gasteiger partial charge in [-0.15, -0.1) is 12.4 Å². The molecule has 0 radical (unpaired) electrons. The Kier molecular flexibility index (Phi) is 6.58. The molecule has 1 saturated heterocycles. The summed E-state index contributed by atoms with van der Waals surface area (Å²) in [5, 5.41) is 3.17. The first-order valence-corrected chi connectivity index (χ1v) is 9.25. The molecule has 144 valence electrons. The second-order valence-corrected chi connectivity index (χ2v) is 6.84. The predicted molar refractivity (Wildman–Crippen MR) is 107 cm³/mol. The van der Waals surface area contributed by atoms with Gasteiger partial charge in [0.1, 0.15) is 13.2 Å². The third-order valence-electron chi connectivity index (χ3n) is 4.98. The van der Waals surface area contributed by atoms with Crippen molar-refractivity contribution in [3.05, 3.63) is 59.7 Å². The van der Waals surface area contributed by atoms with E-state index < -0.39 is 0 Å². The lowest BCUT2D eigenvalue weighted by Gasteiger charge is -2.32. The van der Waals surface area contributed by atoms with Gasteiger partial charge in [-0.2, -0.15) is 0 Å². The molecule has 2 aromatic rings. The molecule has 2 aliphatic rings. The first kappa shape index (κ1) is 19.5. The van der Waals surface area contributed by atoms with Gasteiger partial charge in [0.25, 0.3) is 5.91 Å². The fourth-order valence-corrected chi connectivity index (χ4v) is 3.59. The number of likely N-dealkylation sites (tertiary alicyclic amines) is 1. The molecule has 1 fully saturated rings. The van der Waals surface area contributed by atoms with Gasteiger partial charge >= 0.3 is 0 Å². The molecule has 0 unspecified atom stereocenters. The molecule has 0 saturated carbocycles. The van der Waals surface area contributed by atoms with Gasteiger partial charge in [0.05, 0.1) is 5.56 Å². The number of amides is 1. The van der Waals surface area contributed by atoms with Crippen LogP contribution in [0.3, 0.4) is 0 Å². The Morgan fingerprint density at radius 2 is 1.74 bits per heavy atom. The molecule has 5 nitrogen and oxygen atoms in total. The zero-order chi connectivity index (χ0) is 17.8. The molecule has 0 spiro atoms. The number of halogens is 1. The van der Waals surface area contributed by atoms with E-state index in [4.69, 9.17) is 9.47 Å². The summed E-state index contributed by atoms with van der Waals surface area (Å²) in [4.78, 5) is 15.1. The first-order valence-electron chi connectivity index (χ1n) is 9.25. The molecular weight excluding hydrogens is 364 g/mol. The van der Waals surface area contributed by atoms with E-state index in [9.17, 15) is 4.79 Å². The topological polar surface area (TPSA) is 50.8 Å². The summed E-state index contributed by atoms with van der Waals surface area (Å²) in [6.07, 6.45) is 1.93. The number of rotatable bonds is 4. The Balaban J connectivity index is 0.00000210. The fourth-order valence-electron chi connectivity index (χ4n) is 3.59. The van der Waals surface area contributed by atoms with E-state index in [0.717, 1.165) is 32.5 Å². The van der Waals surface area contributed by atoms with Crippen LogP contribution in [0.5, 0.6) is 11.5 Å². The Hall–Kier alpha value is -2.24. The Morgan fingerprint density at radius 1 is 1.00 bits per heavy atom. The number of carbonyl (C=O) groups is 1. The molecule has 0 bridgehead atoms. The lowest BCUT2D eigenvalue weighted by atomic mass is 10.0. The number of nitrogens with zero attached hydrogens (tertiary/aromatic N) is 1. The Bertz CT molecular complexity index is 761. The van der Waals surface area contributed by atoms with Crippen molar-refractivity contribution in [3.8, 4) is 11.5 Å². The summed E-state index contributed by atoms with van der Waals surface area (Å²) in [5.74, 6) is 1.15. The van der Waals surface area contributed by atoms with Crippen molar-refractivity contribution in [1.29, 1.82) is 0 Å². The molecule has 0 aliphatic carbocycles. The van der Waals surface area contributed by atoms with E-state index in [2.05, 4.69) is 34.5 Å². The van der Waals surface area contributed by atoms with Gasteiger partial charge in [0, 0.05) is 25.7 Å². The summed E-state index contributed by atoms with van der Waals surface area (Å²) in [6.45, 7) is 3.96. The van der Waals surface area contributed by atoms with Crippen molar-refractivity contribution in [2.45, 2.75) is 25.4 Å². The molecule has 0 aromatic heterocycles. The number of nitrogens with one attached hydrogen (secondary N) is 1. The van der Waals surface area contributed by atoms with E-state index in [-0.39, 0.29) is 24.4 Å². The molecule has 1 N–H and O–H groups in total. The minimum absolute atomic E-state index is 0. The molecule has 6 heteroatoms. The van der Waals surface area contributed by atoms with Crippen molar-refractivity contribution >= 4 is 18.3 Å². The van der Waals surface area contributed by atoms with E-state index in [1.165, 1.54) is 5.56 Å². The molecule has 2 aliphatic heterocycles. The third kappa shape index (κ3) is 4.73. The number of hydrogen-bond acceptors (Lipinski definition) is 4. The molecule has 27 heavy (non-hydrogen) atoms. The van der Waals surface area contributed by atoms with E-state index >= 15 is 0 Å². The maximum atomic E-state index is 12.7. The highest BCUT2D eigenvalue weighted by Gasteiger charge is 2.24. The lowest BCUT2D eigenvalue weighted by Crippen LogP contribution is -2.44. The number of ether oxygens (including phenoxy) is 2. The van der Waals surface area contributed by atoms with Crippen molar-refractivity contribution in [3.63, 3.8) is 0 Å². The van der Waals surface area contributed by atoms with Crippen LogP contribution in [0.25, 0.3) is 0 Å². The smallest absolute Gasteiger partial charge is 0.255 e. The largest absolute Gasteiger partial charge is 0.486 e. The highest BCUT2D eigenvalue weighted by Crippen LogP contribution is 2.33. The maximum absolute atomic E-state index is 12.7. The minimum atomic E-state index is -0.0751. The van der Waals surface area contributed by atoms with E-state index in [1.807, 2.05) is 18.2 Å². The quantitative estimate of drug-likeness (QED) is 0.873. The van der Waals surface area contributed by atoms with Crippen molar-refractivity contribution in [2.75, 3.05) is 26.3 Å². The number of piperidine rings is 1. The minimum Gasteiger partial charge on any atom is -0.486 e. The van der Waals surface area contributed by atoms with Crippen molar-refractivity contribution in [1.82, 2.24) is 10.2 Å². The monoisotopic (exact) mass is 388 g/mol. The van der Waals surface area contributed by atoms with Crippen LogP contribution in [0.15, 0.2) is 48.5 Å². The average Bonchev–Trinajstić information content (AvgIpc) is 2.70. The highest BCUT2D eigenvalue weighted by molar-refractivity contribution is 5.98. The second-order valence-electron chi connectivity index (χ2n) is 6.84. The zero-order valence-corrected chi connectivity index (χ0v) is 16.0. The number of carbonyl (C=O) groups excluding carboxylic acids is 1. The average molecular weight is 389 g/mol. The van der Waals surface area contributed by atoms with E-state index in [1.54, 1.807) is 6.07 Å². The van der Waals surface area contributed by atoms with Crippen LogP contribution in [-0.4, -0.2) is 43.2 Å². The molecule has 1 amide bonds. The first-order chi connectivity index (χ1) is 12.8. The summed E-state index contributed by atoms with van der Waals surface area (Å²) < 4.78 is 11.2. The zero-order valence-electron chi connectivity index (χ0n) is 15.2. The summed E-state index contributed by atoms with van der Waals surface area (Å²) in [6, 6.07) is 16.2. The summed E-state index contributed by atoms with van der Waals surface area (Å²) in [7, 11) is 0. The van der Waals surface area contributed by atoms with Crippen molar-refractivity contribution in [2.24, 2.45) is 0 Å². The summed E-state index contributed by atoms with van der Waals surface area (Å²) in [5.41, 5.74) is 1.90. The lowest BCUT2D eigenvalue weighted by molar-refractivity contribution is 0.0898. The predicted octanol–water partition coefficient (Wildman–Crippen LogP) is 3.27. The molecule has 4 rings (SSSR count). The van der Waals surface area contributed by atoms with E-state index in [0.29, 0.717) is 30.3 Å². The Labute approximate surface area is 166 Å². The van der Waals surface area contributed by atoms with Gasteiger partial charge < -0.3 is 14.8 Å². The van der Waals surface area contributed by atoms with Crippen LogP contribution in [0.2, 0.25) is 0 Å². The number of benzene rings is 2. The van der Waals surface area contributed by atoms with Gasteiger partial charge in [-0.05, 0) is 30.5 Å². The van der Waals surface area contributed by atoms with Crippen LogP contribution >= 0.6 is 12.4 Å². The normalized spacial score (nSPS) is 17.0. The van der Waals surface area contributed by atoms with Crippen molar-refractivity contribution < 1.29 is 14.3 Å². The SMILES string of the molecule is Cl.O=C(NC1CCN(Cc2ccccc2)CC1)c1cccc2c1OCCO2. The summed E-state index contributed by atoms with van der Waals surface area (Å²) >= 11 is 0. The number of para-hydroxylation sites is 1.